The lowest BCUT2D eigenvalue weighted by Gasteiger charge is -2.05. The number of hydrogen-bond donors (Lipinski definition) is 0. The Kier molecular flexibility index (Phi) is 5.91. The molecule has 0 N–H and O–H groups in total. The first-order valence-electron chi connectivity index (χ1n) is 9.04. The van der Waals surface area contributed by atoms with Crippen molar-refractivity contribution in [3.05, 3.63) is 65.4 Å². The highest BCUT2D eigenvalue weighted by Crippen LogP contribution is 2.30. The number of carbonyl (C=O) groups excluding carboxylic acids is 2. The second kappa shape index (κ2) is 8.54. The van der Waals surface area contributed by atoms with E-state index in [4.69, 9.17) is 13.9 Å². The molecule has 0 radical (unpaired) electrons. The van der Waals surface area contributed by atoms with E-state index in [9.17, 15) is 9.59 Å². The van der Waals surface area contributed by atoms with Crippen molar-refractivity contribution >= 4 is 22.9 Å². The SMILES string of the molecule is CCOC(=O)c1oc2cccc(CCCC(=O)Oc3ccccc3)c2c1C. The minimum Gasteiger partial charge on any atom is -0.460 e. The summed E-state index contributed by atoms with van der Waals surface area (Å²) >= 11 is 0. The Morgan fingerprint density at radius 1 is 1.04 bits per heavy atom. The van der Waals surface area contributed by atoms with Gasteiger partial charge < -0.3 is 13.9 Å². The number of esters is 2. The first-order chi connectivity index (χ1) is 13.1. The van der Waals surface area contributed by atoms with Gasteiger partial charge in [0.15, 0.2) is 0 Å². The van der Waals surface area contributed by atoms with Crippen LogP contribution in [0.5, 0.6) is 5.75 Å². The molecule has 0 aliphatic heterocycles. The van der Waals surface area contributed by atoms with Gasteiger partial charge in [-0.05, 0) is 50.5 Å². The van der Waals surface area contributed by atoms with Crippen molar-refractivity contribution in [1.82, 2.24) is 0 Å². The van der Waals surface area contributed by atoms with Crippen LogP contribution in [-0.4, -0.2) is 18.5 Å². The highest BCUT2D eigenvalue weighted by atomic mass is 16.5. The van der Waals surface area contributed by atoms with Gasteiger partial charge in [-0.25, -0.2) is 4.79 Å². The third-order valence-electron chi connectivity index (χ3n) is 4.30. The maximum absolute atomic E-state index is 12.0. The molecular weight excluding hydrogens is 344 g/mol. The Bertz CT molecular complexity index is 940. The largest absolute Gasteiger partial charge is 0.460 e. The van der Waals surface area contributed by atoms with Crippen LogP contribution in [0.15, 0.2) is 52.9 Å². The molecule has 5 heteroatoms. The van der Waals surface area contributed by atoms with Crippen LogP contribution >= 0.6 is 0 Å². The molecule has 1 aromatic heterocycles. The van der Waals surface area contributed by atoms with Gasteiger partial charge in [0, 0.05) is 17.4 Å². The quantitative estimate of drug-likeness (QED) is 0.442. The first-order valence-corrected chi connectivity index (χ1v) is 9.04. The van der Waals surface area contributed by atoms with Crippen molar-refractivity contribution in [2.75, 3.05) is 6.61 Å². The molecule has 0 aliphatic carbocycles. The molecule has 0 spiro atoms. The summed E-state index contributed by atoms with van der Waals surface area (Å²) in [4.78, 5) is 24.0. The lowest BCUT2D eigenvalue weighted by atomic mass is 10.0. The Hall–Kier alpha value is -3.08. The van der Waals surface area contributed by atoms with Gasteiger partial charge in [-0.3, -0.25) is 4.79 Å². The normalized spacial score (nSPS) is 10.7. The zero-order chi connectivity index (χ0) is 19.2. The van der Waals surface area contributed by atoms with E-state index >= 15 is 0 Å². The lowest BCUT2D eigenvalue weighted by Crippen LogP contribution is -2.08. The van der Waals surface area contributed by atoms with Gasteiger partial charge in [-0.1, -0.05) is 30.3 Å². The molecule has 0 aliphatic rings. The smallest absolute Gasteiger partial charge is 0.374 e. The average molecular weight is 366 g/mol. The van der Waals surface area contributed by atoms with Gasteiger partial charge >= 0.3 is 11.9 Å². The van der Waals surface area contributed by atoms with Gasteiger partial charge in [0.2, 0.25) is 5.76 Å². The van der Waals surface area contributed by atoms with Crippen molar-refractivity contribution in [2.45, 2.75) is 33.1 Å². The summed E-state index contributed by atoms with van der Waals surface area (Å²) in [6.45, 7) is 3.91. The molecule has 0 saturated heterocycles. The van der Waals surface area contributed by atoms with Crippen molar-refractivity contribution in [1.29, 1.82) is 0 Å². The monoisotopic (exact) mass is 366 g/mol. The fraction of sp³-hybridized carbons (Fsp3) is 0.273. The molecule has 5 nitrogen and oxygen atoms in total. The minimum absolute atomic E-state index is 0.239. The van der Waals surface area contributed by atoms with Crippen LogP contribution in [0.25, 0.3) is 11.0 Å². The number of rotatable bonds is 7. The summed E-state index contributed by atoms with van der Waals surface area (Å²) in [6.07, 6.45) is 1.64. The van der Waals surface area contributed by atoms with Gasteiger partial charge in [-0.2, -0.15) is 0 Å². The molecule has 0 amide bonds. The molecule has 3 aromatic rings. The molecule has 0 bridgehead atoms. The first kappa shape index (κ1) is 18.7. The zero-order valence-corrected chi connectivity index (χ0v) is 15.5. The second-order valence-corrected chi connectivity index (χ2v) is 6.21. The topological polar surface area (TPSA) is 65.7 Å². The number of carbonyl (C=O) groups is 2. The Balaban J connectivity index is 1.68. The highest BCUT2D eigenvalue weighted by molar-refractivity contribution is 5.97. The van der Waals surface area contributed by atoms with Gasteiger partial charge in [0.05, 0.1) is 6.61 Å². The Morgan fingerprint density at radius 3 is 2.56 bits per heavy atom. The van der Waals surface area contributed by atoms with Crippen LogP contribution in [0.2, 0.25) is 0 Å². The number of benzene rings is 2. The number of ether oxygens (including phenoxy) is 2. The van der Waals surface area contributed by atoms with Crippen LogP contribution in [0.4, 0.5) is 0 Å². The molecule has 0 saturated carbocycles. The average Bonchev–Trinajstić information content (AvgIpc) is 3.00. The summed E-state index contributed by atoms with van der Waals surface area (Å²) in [5.41, 5.74) is 2.46. The Labute approximate surface area is 157 Å². The van der Waals surface area contributed by atoms with E-state index in [0.29, 0.717) is 37.2 Å². The molecule has 0 unspecified atom stereocenters. The number of furan rings is 1. The predicted octanol–water partition coefficient (Wildman–Crippen LogP) is 4.85. The van der Waals surface area contributed by atoms with Gasteiger partial charge in [0.25, 0.3) is 0 Å². The second-order valence-electron chi connectivity index (χ2n) is 6.21. The maximum atomic E-state index is 12.0. The van der Waals surface area contributed by atoms with E-state index in [1.54, 1.807) is 19.1 Å². The van der Waals surface area contributed by atoms with Crippen LogP contribution in [-0.2, 0) is 16.0 Å². The third-order valence-corrected chi connectivity index (χ3v) is 4.30. The summed E-state index contributed by atoms with van der Waals surface area (Å²) in [7, 11) is 0. The fourth-order valence-electron chi connectivity index (χ4n) is 3.08. The van der Waals surface area contributed by atoms with Crippen molar-refractivity contribution < 1.29 is 23.5 Å². The number of aryl methyl sites for hydroxylation is 2. The third kappa shape index (κ3) is 4.37. The summed E-state index contributed by atoms with van der Waals surface area (Å²) in [5.74, 6) is 0.0743. The van der Waals surface area contributed by atoms with Crippen molar-refractivity contribution in [2.24, 2.45) is 0 Å². The fourth-order valence-corrected chi connectivity index (χ4v) is 3.08. The molecule has 1 heterocycles. The zero-order valence-electron chi connectivity index (χ0n) is 15.5. The van der Waals surface area contributed by atoms with E-state index in [2.05, 4.69) is 0 Å². The van der Waals surface area contributed by atoms with E-state index in [-0.39, 0.29) is 11.7 Å². The number of hydrogen-bond acceptors (Lipinski definition) is 5. The molecule has 27 heavy (non-hydrogen) atoms. The molecule has 0 atom stereocenters. The molecule has 0 fully saturated rings. The van der Waals surface area contributed by atoms with Crippen LogP contribution in [0.1, 0.15) is 41.4 Å². The number of fused-ring (bicyclic) bond motifs is 1. The molecule has 140 valence electrons. The summed E-state index contributed by atoms with van der Waals surface area (Å²) in [5, 5.41) is 0.914. The Morgan fingerprint density at radius 2 is 1.81 bits per heavy atom. The highest BCUT2D eigenvalue weighted by Gasteiger charge is 2.20. The van der Waals surface area contributed by atoms with Gasteiger partial charge in [-0.15, -0.1) is 0 Å². The van der Waals surface area contributed by atoms with Crippen molar-refractivity contribution in [3.8, 4) is 5.75 Å². The minimum atomic E-state index is -0.455. The number of para-hydroxylation sites is 1. The summed E-state index contributed by atoms with van der Waals surface area (Å²) < 4.78 is 16.1. The molecule has 2 aromatic carbocycles. The van der Waals surface area contributed by atoms with Crippen molar-refractivity contribution in [3.63, 3.8) is 0 Å². The van der Waals surface area contributed by atoms with E-state index in [0.717, 1.165) is 16.5 Å². The van der Waals surface area contributed by atoms with Crippen LogP contribution < -0.4 is 4.74 Å². The maximum Gasteiger partial charge on any atom is 0.374 e. The van der Waals surface area contributed by atoms with E-state index in [1.165, 1.54) is 0 Å². The van der Waals surface area contributed by atoms with Crippen LogP contribution in [0, 0.1) is 6.92 Å². The predicted molar refractivity (Wildman–Crippen MR) is 102 cm³/mol. The van der Waals surface area contributed by atoms with E-state index in [1.807, 2.05) is 43.3 Å². The van der Waals surface area contributed by atoms with Crippen LogP contribution in [0.3, 0.4) is 0 Å². The summed E-state index contributed by atoms with van der Waals surface area (Å²) in [6, 6.07) is 14.7. The lowest BCUT2D eigenvalue weighted by molar-refractivity contribution is -0.134. The van der Waals surface area contributed by atoms with E-state index < -0.39 is 5.97 Å². The molecular formula is C22H22O5. The standard InChI is InChI=1S/C22H22O5/c1-3-25-22(24)21-15(2)20-16(9-7-13-18(20)27-21)10-8-14-19(23)26-17-11-5-4-6-12-17/h4-7,9,11-13H,3,8,10,14H2,1-2H3. The van der Waals surface area contributed by atoms with Gasteiger partial charge in [0.1, 0.15) is 11.3 Å². The molecule has 3 rings (SSSR count).